The number of ether oxygens (including phenoxy) is 1. The van der Waals surface area contributed by atoms with Crippen molar-refractivity contribution in [2.24, 2.45) is 0 Å². The molecule has 2 nitrogen and oxygen atoms in total. The Hall–Kier alpha value is -0.833. The molecule has 0 saturated carbocycles. The molecule has 0 aromatic carbocycles. The number of hydrogen-bond donors (Lipinski definition) is 0. The van der Waals surface area contributed by atoms with Gasteiger partial charge in [0.15, 0.2) is 0 Å². The first-order valence-electron chi connectivity index (χ1n) is 6.23. The molecular formula is C14H24O2Si. The van der Waals surface area contributed by atoms with Crippen LogP contribution in [-0.4, -0.2) is 21.2 Å². The summed E-state index contributed by atoms with van der Waals surface area (Å²) in [5, 5.41) is 0. The Bertz CT molecular complexity index is 384. The third kappa shape index (κ3) is 3.56. The van der Waals surface area contributed by atoms with Crippen LogP contribution in [0.4, 0.5) is 0 Å². The fourth-order valence-corrected chi connectivity index (χ4v) is 3.98. The quantitative estimate of drug-likeness (QED) is 0.562. The van der Waals surface area contributed by atoms with Gasteiger partial charge in [0, 0.05) is 8.07 Å². The minimum Gasteiger partial charge on any atom is -0.465 e. The van der Waals surface area contributed by atoms with E-state index >= 15 is 0 Å². The van der Waals surface area contributed by atoms with Crippen molar-refractivity contribution in [3.05, 3.63) is 22.3 Å². The van der Waals surface area contributed by atoms with E-state index in [1.807, 2.05) is 6.92 Å². The van der Waals surface area contributed by atoms with E-state index in [0.29, 0.717) is 0 Å². The van der Waals surface area contributed by atoms with Crippen LogP contribution in [0.15, 0.2) is 22.3 Å². The lowest BCUT2D eigenvalue weighted by Gasteiger charge is -2.26. The van der Waals surface area contributed by atoms with Crippen LogP contribution < -0.4 is 0 Å². The topological polar surface area (TPSA) is 26.3 Å². The molecule has 0 radical (unpaired) electrons. The van der Waals surface area contributed by atoms with Crippen molar-refractivity contribution in [1.29, 1.82) is 0 Å². The fraction of sp³-hybridized carbons (Fsp3) is 0.643. The van der Waals surface area contributed by atoms with Gasteiger partial charge in [0.25, 0.3) is 0 Å². The number of allylic oxidation sites excluding steroid dienone is 2. The van der Waals surface area contributed by atoms with E-state index in [2.05, 4.69) is 26.6 Å². The van der Waals surface area contributed by atoms with E-state index in [4.69, 9.17) is 4.74 Å². The second kappa shape index (κ2) is 5.21. The SMILES string of the molecule is COC(=O)C1=C(C[Si](C)(C)C)CCC(C)=C1C. The second-order valence-electron chi connectivity index (χ2n) is 6.11. The number of carbonyl (C=O) groups is 1. The Balaban J connectivity index is 3.18. The highest BCUT2D eigenvalue weighted by Crippen LogP contribution is 2.35. The summed E-state index contributed by atoms with van der Waals surface area (Å²) in [6.07, 6.45) is 2.12. The minimum absolute atomic E-state index is 0.158. The normalized spacial score (nSPS) is 17.5. The molecule has 0 aromatic heterocycles. The van der Waals surface area contributed by atoms with Crippen molar-refractivity contribution in [1.82, 2.24) is 0 Å². The zero-order valence-electron chi connectivity index (χ0n) is 11.9. The zero-order chi connectivity index (χ0) is 13.2. The molecule has 0 amide bonds. The average Bonchev–Trinajstić information content (AvgIpc) is 2.21. The third-order valence-electron chi connectivity index (χ3n) is 3.30. The van der Waals surface area contributed by atoms with Gasteiger partial charge >= 0.3 is 5.97 Å². The number of rotatable bonds is 3. The maximum absolute atomic E-state index is 11.9. The van der Waals surface area contributed by atoms with Crippen LogP contribution in [0.1, 0.15) is 26.7 Å². The highest BCUT2D eigenvalue weighted by atomic mass is 28.3. The van der Waals surface area contributed by atoms with Gasteiger partial charge in [0.2, 0.25) is 0 Å². The van der Waals surface area contributed by atoms with E-state index < -0.39 is 8.07 Å². The molecule has 1 aliphatic carbocycles. The van der Waals surface area contributed by atoms with E-state index in [-0.39, 0.29) is 5.97 Å². The summed E-state index contributed by atoms with van der Waals surface area (Å²) < 4.78 is 4.94. The van der Waals surface area contributed by atoms with Crippen LogP contribution in [0.3, 0.4) is 0 Å². The van der Waals surface area contributed by atoms with Gasteiger partial charge in [-0.1, -0.05) is 30.8 Å². The van der Waals surface area contributed by atoms with Crippen LogP contribution in [0, 0.1) is 0 Å². The fourth-order valence-electron chi connectivity index (χ4n) is 2.35. The molecule has 0 fully saturated rings. The lowest BCUT2D eigenvalue weighted by Crippen LogP contribution is -2.23. The van der Waals surface area contributed by atoms with Gasteiger partial charge in [0.05, 0.1) is 12.7 Å². The molecule has 0 atom stereocenters. The van der Waals surface area contributed by atoms with Crippen LogP contribution in [0.25, 0.3) is 0 Å². The molecular weight excluding hydrogens is 228 g/mol. The number of carbonyl (C=O) groups excluding carboxylic acids is 1. The van der Waals surface area contributed by atoms with Gasteiger partial charge in [-0.3, -0.25) is 0 Å². The van der Waals surface area contributed by atoms with Crippen LogP contribution in [0.5, 0.6) is 0 Å². The van der Waals surface area contributed by atoms with Crippen molar-refractivity contribution in [3.8, 4) is 0 Å². The molecule has 1 aliphatic rings. The monoisotopic (exact) mass is 252 g/mol. The summed E-state index contributed by atoms with van der Waals surface area (Å²) in [4.78, 5) is 11.9. The third-order valence-corrected chi connectivity index (χ3v) is 4.79. The summed E-state index contributed by atoms with van der Waals surface area (Å²) in [5.41, 5.74) is 4.64. The molecule has 1 rings (SSSR count). The summed E-state index contributed by atoms with van der Waals surface area (Å²) in [5.74, 6) is -0.158. The molecule has 17 heavy (non-hydrogen) atoms. The lowest BCUT2D eigenvalue weighted by molar-refractivity contribution is -0.135. The summed E-state index contributed by atoms with van der Waals surface area (Å²) in [6.45, 7) is 11.2. The zero-order valence-corrected chi connectivity index (χ0v) is 12.9. The molecule has 0 N–H and O–H groups in total. The Morgan fingerprint density at radius 3 is 2.29 bits per heavy atom. The summed E-state index contributed by atoms with van der Waals surface area (Å²) in [6, 6.07) is 1.10. The van der Waals surface area contributed by atoms with Crippen LogP contribution in [0.2, 0.25) is 25.7 Å². The lowest BCUT2D eigenvalue weighted by atomic mass is 9.87. The van der Waals surface area contributed by atoms with E-state index in [9.17, 15) is 4.79 Å². The molecule has 0 aromatic rings. The smallest absolute Gasteiger partial charge is 0.338 e. The molecule has 0 heterocycles. The van der Waals surface area contributed by atoms with Crippen molar-refractivity contribution >= 4 is 14.0 Å². The van der Waals surface area contributed by atoms with Gasteiger partial charge < -0.3 is 4.74 Å². The van der Waals surface area contributed by atoms with Crippen molar-refractivity contribution in [3.63, 3.8) is 0 Å². The van der Waals surface area contributed by atoms with Crippen molar-refractivity contribution in [2.75, 3.05) is 7.11 Å². The minimum atomic E-state index is -1.18. The first-order chi connectivity index (χ1) is 7.76. The molecule has 96 valence electrons. The number of esters is 1. The number of hydrogen-bond acceptors (Lipinski definition) is 2. The van der Waals surface area contributed by atoms with Gasteiger partial charge in [-0.25, -0.2) is 4.79 Å². The average molecular weight is 252 g/mol. The Labute approximate surface area is 106 Å². The van der Waals surface area contributed by atoms with Crippen LogP contribution >= 0.6 is 0 Å². The molecule has 0 aliphatic heterocycles. The Kier molecular flexibility index (Phi) is 4.36. The highest BCUT2D eigenvalue weighted by Gasteiger charge is 2.26. The first kappa shape index (κ1) is 14.2. The molecule has 3 heteroatoms. The summed E-state index contributed by atoms with van der Waals surface area (Å²) >= 11 is 0. The maximum atomic E-state index is 11.9. The molecule has 0 saturated heterocycles. The predicted molar refractivity (Wildman–Crippen MR) is 74.8 cm³/mol. The molecule has 0 bridgehead atoms. The van der Waals surface area contributed by atoms with E-state index in [0.717, 1.165) is 30.0 Å². The Morgan fingerprint density at radius 1 is 1.24 bits per heavy atom. The predicted octanol–water partition coefficient (Wildman–Crippen LogP) is 3.92. The Morgan fingerprint density at radius 2 is 1.82 bits per heavy atom. The van der Waals surface area contributed by atoms with Crippen molar-refractivity contribution < 1.29 is 9.53 Å². The molecule has 0 unspecified atom stereocenters. The maximum Gasteiger partial charge on any atom is 0.338 e. The van der Waals surface area contributed by atoms with E-state index in [1.54, 1.807) is 0 Å². The van der Waals surface area contributed by atoms with E-state index in [1.165, 1.54) is 18.3 Å². The standard InChI is InChI=1S/C14H24O2Si/c1-10-7-8-12(9-17(4,5)6)13(11(10)2)14(15)16-3/h7-9H2,1-6H3. The van der Waals surface area contributed by atoms with Gasteiger partial charge in [-0.2, -0.15) is 0 Å². The molecule has 0 spiro atoms. The van der Waals surface area contributed by atoms with Crippen molar-refractivity contribution in [2.45, 2.75) is 52.4 Å². The second-order valence-corrected chi connectivity index (χ2v) is 11.6. The highest BCUT2D eigenvalue weighted by molar-refractivity contribution is 6.76. The largest absolute Gasteiger partial charge is 0.465 e. The van der Waals surface area contributed by atoms with Crippen LogP contribution in [-0.2, 0) is 9.53 Å². The van der Waals surface area contributed by atoms with Gasteiger partial charge in [-0.05, 0) is 38.3 Å². The van der Waals surface area contributed by atoms with Gasteiger partial charge in [-0.15, -0.1) is 0 Å². The van der Waals surface area contributed by atoms with Gasteiger partial charge in [0.1, 0.15) is 0 Å². The first-order valence-corrected chi connectivity index (χ1v) is 9.94. The number of methoxy groups -OCH3 is 1. The summed E-state index contributed by atoms with van der Waals surface area (Å²) in [7, 11) is 0.286.